The van der Waals surface area contributed by atoms with Crippen molar-refractivity contribution in [3.05, 3.63) is 29.8 Å². The average Bonchev–Trinajstić information content (AvgIpc) is 2.57. The number of rotatable bonds is 4. The molecule has 0 bridgehead atoms. The molecule has 0 aromatic heterocycles. The van der Waals surface area contributed by atoms with Crippen LogP contribution in [0.3, 0.4) is 0 Å². The third-order valence-corrected chi connectivity index (χ3v) is 5.54. The van der Waals surface area contributed by atoms with E-state index in [-0.39, 0.29) is 17.2 Å². The summed E-state index contributed by atoms with van der Waals surface area (Å²) in [6.07, 6.45) is 4.41. The topological polar surface area (TPSA) is 63.0 Å². The van der Waals surface area contributed by atoms with Gasteiger partial charge in [-0.15, -0.1) is 0 Å². The standard InChI is InChI=1S/C19H28N2O3/c1-19(20-18(23)14-21-10-12-24-13-11-21)9-3-2-4-17(19)15-5-7-16(22)8-6-15/h5-8,17,22H,2-4,9-14H2,1H3,(H,20,23)/p+1/t17-,19+/m1/s1. The van der Waals surface area contributed by atoms with E-state index in [1.807, 2.05) is 12.1 Å². The zero-order valence-electron chi connectivity index (χ0n) is 14.5. The highest BCUT2D eigenvalue weighted by Gasteiger charge is 2.39. The number of phenolic OH excluding ortho intramolecular Hbond substituents is 1. The van der Waals surface area contributed by atoms with Gasteiger partial charge in [0.1, 0.15) is 18.8 Å². The lowest BCUT2D eigenvalue weighted by Gasteiger charge is -2.42. The van der Waals surface area contributed by atoms with E-state index in [0.717, 1.165) is 45.6 Å². The highest BCUT2D eigenvalue weighted by atomic mass is 16.5. The van der Waals surface area contributed by atoms with Gasteiger partial charge in [-0.05, 0) is 37.5 Å². The average molecular weight is 333 g/mol. The Bertz CT molecular complexity index is 554. The smallest absolute Gasteiger partial charge is 0.275 e. The number of carbonyl (C=O) groups is 1. The number of morpholine rings is 1. The summed E-state index contributed by atoms with van der Waals surface area (Å²) < 4.78 is 5.36. The number of benzene rings is 1. The zero-order chi connectivity index (χ0) is 17.0. The number of quaternary nitrogens is 1. The molecule has 2 fully saturated rings. The Labute approximate surface area is 144 Å². The van der Waals surface area contributed by atoms with Crippen molar-refractivity contribution < 1.29 is 19.5 Å². The first-order valence-corrected chi connectivity index (χ1v) is 9.08. The lowest BCUT2D eigenvalue weighted by Crippen LogP contribution is -3.15. The molecule has 5 heteroatoms. The van der Waals surface area contributed by atoms with Crippen LogP contribution in [0.4, 0.5) is 0 Å². The highest BCUT2D eigenvalue weighted by molar-refractivity contribution is 5.78. The summed E-state index contributed by atoms with van der Waals surface area (Å²) in [7, 11) is 0. The summed E-state index contributed by atoms with van der Waals surface area (Å²) in [4.78, 5) is 13.9. The van der Waals surface area contributed by atoms with Crippen LogP contribution in [0.5, 0.6) is 5.75 Å². The number of carbonyl (C=O) groups excluding carboxylic acids is 1. The zero-order valence-corrected chi connectivity index (χ0v) is 14.5. The number of nitrogens with one attached hydrogen (secondary N) is 2. The van der Waals surface area contributed by atoms with Crippen molar-refractivity contribution in [1.29, 1.82) is 0 Å². The van der Waals surface area contributed by atoms with Gasteiger partial charge in [0.25, 0.3) is 5.91 Å². The number of hydrogen-bond donors (Lipinski definition) is 3. The second kappa shape index (κ2) is 7.53. The molecule has 0 spiro atoms. The summed E-state index contributed by atoms with van der Waals surface area (Å²) in [6, 6.07) is 7.46. The van der Waals surface area contributed by atoms with Crippen molar-refractivity contribution in [2.75, 3.05) is 32.8 Å². The Morgan fingerprint density at radius 1 is 1.29 bits per heavy atom. The van der Waals surface area contributed by atoms with Crippen LogP contribution >= 0.6 is 0 Å². The van der Waals surface area contributed by atoms with Crippen LogP contribution in [0, 0.1) is 0 Å². The van der Waals surface area contributed by atoms with E-state index in [2.05, 4.69) is 12.2 Å². The number of ether oxygens (including phenoxy) is 1. The van der Waals surface area contributed by atoms with Gasteiger partial charge in [-0.3, -0.25) is 4.79 Å². The summed E-state index contributed by atoms with van der Waals surface area (Å²) in [5.74, 6) is 0.729. The van der Waals surface area contributed by atoms with Gasteiger partial charge in [0.15, 0.2) is 6.54 Å². The number of aromatic hydroxyl groups is 1. The van der Waals surface area contributed by atoms with Crippen LogP contribution in [-0.4, -0.2) is 49.4 Å². The van der Waals surface area contributed by atoms with Crippen LogP contribution in [0.25, 0.3) is 0 Å². The van der Waals surface area contributed by atoms with Crippen LogP contribution in [0.2, 0.25) is 0 Å². The molecule has 24 heavy (non-hydrogen) atoms. The molecule has 5 nitrogen and oxygen atoms in total. The lowest BCUT2D eigenvalue weighted by molar-refractivity contribution is -0.900. The quantitative estimate of drug-likeness (QED) is 0.765. The predicted octanol–water partition coefficient (Wildman–Crippen LogP) is 0.840. The number of phenols is 1. The minimum atomic E-state index is -0.210. The molecule has 3 rings (SSSR count). The van der Waals surface area contributed by atoms with Crippen molar-refractivity contribution in [3.8, 4) is 5.75 Å². The molecular weight excluding hydrogens is 304 g/mol. The molecule has 0 unspecified atom stereocenters. The molecule has 0 radical (unpaired) electrons. The first kappa shape index (κ1) is 17.2. The van der Waals surface area contributed by atoms with E-state index in [0.29, 0.717) is 12.5 Å². The van der Waals surface area contributed by atoms with Gasteiger partial charge in [0.2, 0.25) is 0 Å². The Balaban J connectivity index is 1.67. The molecule has 1 aromatic carbocycles. The largest absolute Gasteiger partial charge is 0.508 e. The predicted molar refractivity (Wildman–Crippen MR) is 92.2 cm³/mol. The van der Waals surface area contributed by atoms with Gasteiger partial charge in [-0.1, -0.05) is 25.0 Å². The van der Waals surface area contributed by atoms with E-state index in [4.69, 9.17) is 4.74 Å². The first-order chi connectivity index (χ1) is 11.6. The van der Waals surface area contributed by atoms with Gasteiger partial charge in [-0.25, -0.2) is 0 Å². The van der Waals surface area contributed by atoms with Gasteiger partial charge >= 0.3 is 0 Å². The fourth-order valence-electron chi connectivity index (χ4n) is 4.15. The molecule has 1 saturated carbocycles. The fourth-order valence-corrected chi connectivity index (χ4v) is 4.15. The monoisotopic (exact) mass is 333 g/mol. The SMILES string of the molecule is C[C@]1(NC(=O)C[NH+]2CCOCC2)CCCC[C@@H]1c1ccc(O)cc1. The minimum absolute atomic E-state index is 0.139. The Kier molecular flexibility index (Phi) is 5.41. The van der Waals surface area contributed by atoms with Crippen molar-refractivity contribution in [3.63, 3.8) is 0 Å². The number of amides is 1. The maximum absolute atomic E-state index is 12.6. The van der Waals surface area contributed by atoms with Crippen LogP contribution < -0.4 is 10.2 Å². The van der Waals surface area contributed by atoms with Crippen LogP contribution in [-0.2, 0) is 9.53 Å². The van der Waals surface area contributed by atoms with Gasteiger partial charge in [-0.2, -0.15) is 0 Å². The fraction of sp³-hybridized carbons (Fsp3) is 0.632. The van der Waals surface area contributed by atoms with Crippen molar-refractivity contribution in [2.24, 2.45) is 0 Å². The Morgan fingerprint density at radius 3 is 2.71 bits per heavy atom. The summed E-state index contributed by atoms with van der Waals surface area (Å²) in [5, 5.41) is 12.9. The maximum atomic E-state index is 12.6. The summed E-state index contributed by atoms with van der Waals surface area (Å²) in [5.41, 5.74) is 0.993. The van der Waals surface area contributed by atoms with Gasteiger partial charge in [0, 0.05) is 11.5 Å². The second-order valence-corrected chi connectivity index (χ2v) is 7.39. The third-order valence-electron chi connectivity index (χ3n) is 5.54. The normalized spacial score (nSPS) is 28.5. The van der Waals surface area contributed by atoms with Gasteiger partial charge < -0.3 is 20.1 Å². The van der Waals surface area contributed by atoms with E-state index in [1.54, 1.807) is 12.1 Å². The molecule has 2 aliphatic rings. The molecule has 132 valence electrons. The molecule has 1 amide bonds. The molecule has 1 saturated heterocycles. The summed E-state index contributed by atoms with van der Waals surface area (Å²) >= 11 is 0. The van der Waals surface area contributed by atoms with E-state index < -0.39 is 0 Å². The molecular formula is C19H29N2O3+. The van der Waals surface area contributed by atoms with Crippen molar-refractivity contribution in [1.82, 2.24) is 5.32 Å². The van der Waals surface area contributed by atoms with E-state index >= 15 is 0 Å². The molecule has 3 N–H and O–H groups in total. The Hall–Kier alpha value is -1.59. The molecule has 1 aromatic rings. The van der Waals surface area contributed by atoms with Gasteiger partial charge in [0.05, 0.1) is 13.2 Å². The second-order valence-electron chi connectivity index (χ2n) is 7.39. The van der Waals surface area contributed by atoms with Crippen molar-refractivity contribution >= 4 is 5.91 Å². The number of hydrogen-bond acceptors (Lipinski definition) is 3. The molecule has 2 atom stereocenters. The third kappa shape index (κ3) is 4.08. The lowest BCUT2D eigenvalue weighted by atomic mass is 9.70. The maximum Gasteiger partial charge on any atom is 0.275 e. The molecule has 1 aliphatic heterocycles. The minimum Gasteiger partial charge on any atom is -0.508 e. The highest BCUT2D eigenvalue weighted by Crippen LogP contribution is 2.41. The van der Waals surface area contributed by atoms with E-state index in [1.165, 1.54) is 16.9 Å². The summed E-state index contributed by atoms with van der Waals surface area (Å²) in [6.45, 7) is 6.01. The van der Waals surface area contributed by atoms with Crippen molar-refractivity contribution in [2.45, 2.75) is 44.1 Å². The Morgan fingerprint density at radius 2 is 2.00 bits per heavy atom. The van der Waals surface area contributed by atoms with Crippen LogP contribution in [0.1, 0.15) is 44.1 Å². The first-order valence-electron chi connectivity index (χ1n) is 9.08. The van der Waals surface area contributed by atoms with E-state index in [9.17, 15) is 9.90 Å². The molecule has 1 heterocycles. The van der Waals surface area contributed by atoms with Crippen LogP contribution in [0.15, 0.2) is 24.3 Å². The molecule has 1 aliphatic carbocycles.